The van der Waals surface area contributed by atoms with Crippen LogP contribution in [0.25, 0.3) is 10.8 Å². The molecule has 0 aliphatic rings. The van der Waals surface area contributed by atoms with Gasteiger partial charge in [0.05, 0.1) is 0 Å². The van der Waals surface area contributed by atoms with E-state index in [9.17, 15) is 14.4 Å². The molecule has 0 saturated heterocycles. The first-order valence-electron chi connectivity index (χ1n) is 6.92. The van der Waals surface area contributed by atoms with Crippen molar-refractivity contribution in [3.63, 3.8) is 0 Å². The van der Waals surface area contributed by atoms with Crippen molar-refractivity contribution in [2.45, 2.75) is 6.42 Å². The Labute approximate surface area is 127 Å². The smallest absolute Gasteiger partial charge is 0.318 e. The molecule has 0 radical (unpaired) electrons. The summed E-state index contributed by atoms with van der Waals surface area (Å²) in [5.41, 5.74) is 5.87. The molecular formula is C16H17N3O3. The van der Waals surface area contributed by atoms with E-state index in [0.717, 1.165) is 15.7 Å². The highest BCUT2D eigenvalue weighted by atomic mass is 16.2. The number of rotatable bonds is 5. The van der Waals surface area contributed by atoms with Crippen molar-refractivity contribution in [2.75, 3.05) is 18.4 Å². The van der Waals surface area contributed by atoms with Crippen molar-refractivity contribution in [3.05, 3.63) is 42.5 Å². The first-order chi connectivity index (χ1) is 10.7. The zero-order valence-corrected chi connectivity index (χ0v) is 12.0. The summed E-state index contributed by atoms with van der Waals surface area (Å²) in [5.74, 6) is -1.74. The van der Waals surface area contributed by atoms with Crippen LogP contribution in [0.1, 0.15) is 6.42 Å². The van der Waals surface area contributed by atoms with Crippen molar-refractivity contribution in [3.8, 4) is 0 Å². The number of benzene rings is 2. The minimum absolute atomic E-state index is 0.127. The van der Waals surface area contributed by atoms with Crippen LogP contribution in [-0.2, 0) is 14.4 Å². The minimum atomic E-state index is -0.892. The number of fused-ring (bicyclic) bond motifs is 1. The molecule has 0 aromatic heterocycles. The summed E-state index contributed by atoms with van der Waals surface area (Å²) in [7, 11) is 0. The summed E-state index contributed by atoms with van der Waals surface area (Å²) in [6.45, 7) is 0.463. The fourth-order valence-corrected chi connectivity index (χ4v) is 2.10. The quantitative estimate of drug-likeness (QED) is 0.639. The van der Waals surface area contributed by atoms with Gasteiger partial charge in [-0.15, -0.1) is 0 Å². The molecule has 22 heavy (non-hydrogen) atoms. The SMILES string of the molecule is NCCCN(C=O)C(=O)C(=O)Nc1cccc2ccccc12. The summed E-state index contributed by atoms with van der Waals surface area (Å²) in [6.07, 6.45) is 0.798. The average molecular weight is 299 g/mol. The van der Waals surface area contributed by atoms with Gasteiger partial charge in [-0.3, -0.25) is 19.3 Å². The summed E-state index contributed by atoms with van der Waals surface area (Å²) < 4.78 is 0. The average Bonchev–Trinajstić information content (AvgIpc) is 2.55. The van der Waals surface area contributed by atoms with Crippen molar-refractivity contribution in [1.82, 2.24) is 4.90 Å². The molecule has 0 atom stereocenters. The molecule has 3 N–H and O–H groups in total. The van der Waals surface area contributed by atoms with Crippen LogP contribution in [-0.4, -0.2) is 36.2 Å². The van der Waals surface area contributed by atoms with E-state index in [1.54, 1.807) is 12.1 Å². The molecule has 0 bridgehead atoms. The lowest BCUT2D eigenvalue weighted by atomic mass is 10.1. The second kappa shape index (κ2) is 7.33. The molecule has 0 spiro atoms. The molecule has 114 valence electrons. The van der Waals surface area contributed by atoms with Gasteiger partial charge in [0.25, 0.3) is 0 Å². The van der Waals surface area contributed by atoms with E-state index in [2.05, 4.69) is 5.32 Å². The monoisotopic (exact) mass is 299 g/mol. The highest BCUT2D eigenvalue weighted by Gasteiger charge is 2.21. The van der Waals surface area contributed by atoms with Gasteiger partial charge < -0.3 is 11.1 Å². The van der Waals surface area contributed by atoms with E-state index in [4.69, 9.17) is 5.73 Å². The summed E-state index contributed by atoms with van der Waals surface area (Å²) in [5, 5.41) is 4.33. The molecule has 6 nitrogen and oxygen atoms in total. The van der Waals surface area contributed by atoms with Gasteiger partial charge in [-0.05, 0) is 24.4 Å². The van der Waals surface area contributed by atoms with E-state index >= 15 is 0 Å². The highest BCUT2D eigenvalue weighted by Crippen LogP contribution is 2.22. The summed E-state index contributed by atoms with van der Waals surface area (Å²) >= 11 is 0. The molecule has 0 saturated carbocycles. The van der Waals surface area contributed by atoms with Crippen molar-refractivity contribution < 1.29 is 14.4 Å². The molecule has 3 amide bonds. The fourth-order valence-electron chi connectivity index (χ4n) is 2.10. The van der Waals surface area contributed by atoms with Gasteiger partial charge in [-0.1, -0.05) is 36.4 Å². The first-order valence-corrected chi connectivity index (χ1v) is 6.92. The molecule has 0 fully saturated rings. The fraction of sp³-hybridized carbons (Fsp3) is 0.188. The number of carbonyl (C=O) groups excluding carboxylic acids is 3. The molecule has 6 heteroatoms. The van der Waals surface area contributed by atoms with Crippen LogP contribution in [0.5, 0.6) is 0 Å². The molecule has 2 rings (SSSR count). The maximum Gasteiger partial charge on any atom is 0.318 e. The van der Waals surface area contributed by atoms with E-state index in [1.165, 1.54) is 0 Å². The lowest BCUT2D eigenvalue weighted by Crippen LogP contribution is -2.39. The number of hydrogen-bond acceptors (Lipinski definition) is 4. The predicted octanol–water partition coefficient (Wildman–Crippen LogP) is 1.11. The van der Waals surface area contributed by atoms with Gasteiger partial charge >= 0.3 is 11.8 Å². The predicted molar refractivity (Wildman–Crippen MR) is 84.0 cm³/mol. The maximum absolute atomic E-state index is 12.0. The van der Waals surface area contributed by atoms with Crippen LogP contribution in [0.3, 0.4) is 0 Å². The Morgan fingerprint density at radius 2 is 1.86 bits per heavy atom. The number of amides is 3. The van der Waals surface area contributed by atoms with Crippen LogP contribution in [0.15, 0.2) is 42.5 Å². The van der Waals surface area contributed by atoms with E-state index < -0.39 is 11.8 Å². The summed E-state index contributed by atoms with van der Waals surface area (Å²) in [4.78, 5) is 35.7. The number of nitrogens with zero attached hydrogens (tertiary/aromatic N) is 1. The Hall–Kier alpha value is -2.73. The number of carbonyl (C=O) groups is 3. The Morgan fingerprint density at radius 1 is 1.14 bits per heavy atom. The van der Waals surface area contributed by atoms with Gasteiger partial charge in [0.2, 0.25) is 6.41 Å². The molecule has 2 aromatic carbocycles. The van der Waals surface area contributed by atoms with Crippen LogP contribution < -0.4 is 11.1 Å². The van der Waals surface area contributed by atoms with Crippen molar-refractivity contribution in [1.29, 1.82) is 0 Å². The first kappa shape index (κ1) is 15.7. The second-order valence-electron chi connectivity index (χ2n) is 4.73. The Morgan fingerprint density at radius 3 is 2.59 bits per heavy atom. The molecule has 0 heterocycles. The van der Waals surface area contributed by atoms with Crippen LogP contribution in [0, 0.1) is 0 Å². The molecule has 2 aromatic rings. The van der Waals surface area contributed by atoms with Crippen LogP contribution in [0.2, 0.25) is 0 Å². The Balaban J connectivity index is 2.16. The van der Waals surface area contributed by atoms with Gasteiger partial charge in [-0.2, -0.15) is 0 Å². The zero-order chi connectivity index (χ0) is 15.9. The lowest BCUT2D eigenvalue weighted by molar-refractivity contribution is -0.146. The normalized spacial score (nSPS) is 10.2. The number of anilines is 1. The Kier molecular flexibility index (Phi) is 5.21. The highest BCUT2D eigenvalue weighted by molar-refractivity contribution is 6.41. The molecule has 0 aliphatic carbocycles. The lowest BCUT2D eigenvalue weighted by Gasteiger charge is -2.15. The standard InChI is InChI=1S/C16H17N3O3/c17-9-4-10-19(11-20)16(22)15(21)18-14-8-3-6-12-5-1-2-7-13(12)14/h1-3,5-8,11H,4,9-10,17H2,(H,18,21). The molecule has 0 unspecified atom stereocenters. The van der Waals surface area contributed by atoms with Gasteiger partial charge in [0.15, 0.2) is 0 Å². The topological polar surface area (TPSA) is 92.5 Å². The van der Waals surface area contributed by atoms with Crippen molar-refractivity contribution in [2.24, 2.45) is 5.73 Å². The molecular weight excluding hydrogens is 282 g/mol. The number of nitrogens with one attached hydrogen (secondary N) is 1. The van der Waals surface area contributed by atoms with Gasteiger partial charge in [-0.25, -0.2) is 0 Å². The third kappa shape index (κ3) is 3.48. The maximum atomic E-state index is 12.0. The van der Waals surface area contributed by atoms with Crippen LogP contribution >= 0.6 is 0 Å². The minimum Gasteiger partial charge on any atom is -0.330 e. The van der Waals surface area contributed by atoms with E-state index in [-0.39, 0.29) is 6.54 Å². The van der Waals surface area contributed by atoms with E-state index in [0.29, 0.717) is 25.1 Å². The van der Waals surface area contributed by atoms with Gasteiger partial charge in [0, 0.05) is 17.6 Å². The number of imide groups is 1. The van der Waals surface area contributed by atoms with Gasteiger partial charge in [0.1, 0.15) is 0 Å². The largest absolute Gasteiger partial charge is 0.330 e. The number of hydrogen-bond donors (Lipinski definition) is 2. The van der Waals surface area contributed by atoms with Crippen LogP contribution in [0.4, 0.5) is 5.69 Å². The molecule has 0 aliphatic heterocycles. The van der Waals surface area contributed by atoms with Crippen molar-refractivity contribution >= 4 is 34.7 Å². The third-order valence-electron chi connectivity index (χ3n) is 3.22. The third-order valence-corrected chi connectivity index (χ3v) is 3.22. The second-order valence-corrected chi connectivity index (χ2v) is 4.73. The Bertz CT molecular complexity index is 695. The number of nitrogens with two attached hydrogens (primary N) is 1. The van der Waals surface area contributed by atoms with E-state index in [1.807, 2.05) is 30.3 Å². The zero-order valence-electron chi connectivity index (χ0n) is 12.0. The summed E-state index contributed by atoms with van der Waals surface area (Å²) in [6, 6.07) is 12.9.